The maximum Gasteiger partial charge on any atom is 0.338 e. The lowest BCUT2D eigenvalue weighted by atomic mass is 9.99. The highest BCUT2D eigenvalue weighted by molar-refractivity contribution is 5.89. The summed E-state index contributed by atoms with van der Waals surface area (Å²) < 4.78 is 17.9. The first-order valence-electron chi connectivity index (χ1n) is 5.89. The van der Waals surface area contributed by atoms with Gasteiger partial charge in [0.25, 0.3) is 0 Å². The molecule has 1 N–H and O–H groups in total. The van der Waals surface area contributed by atoms with E-state index < -0.39 is 0 Å². The van der Waals surface area contributed by atoms with Crippen molar-refractivity contribution in [2.45, 2.75) is 12.8 Å². The lowest BCUT2D eigenvalue weighted by Gasteiger charge is -2.22. The van der Waals surface area contributed by atoms with E-state index in [0.29, 0.717) is 18.1 Å². The highest BCUT2D eigenvalue weighted by Gasteiger charge is 2.15. The van der Waals surface area contributed by atoms with Crippen molar-refractivity contribution in [1.29, 1.82) is 0 Å². The van der Waals surface area contributed by atoms with Gasteiger partial charge in [0.2, 0.25) is 0 Å². The second-order valence-electron chi connectivity index (χ2n) is 4.30. The molecule has 1 heterocycles. The zero-order chi connectivity index (χ0) is 12.1. The summed E-state index contributed by atoms with van der Waals surface area (Å²) in [6.45, 7) is 2.43. The maximum absolute atomic E-state index is 12.7. The van der Waals surface area contributed by atoms with E-state index in [1.807, 2.05) is 0 Å². The Hall–Kier alpha value is -1.13. The predicted molar refractivity (Wildman–Crippen MR) is 69.5 cm³/mol. The predicted octanol–water partition coefficient (Wildman–Crippen LogP) is 2.40. The normalized spacial score (nSPS) is 15.8. The lowest BCUT2D eigenvalue weighted by Crippen LogP contribution is -2.30. The molecule has 0 bridgehead atoms. The number of ether oxygens (including phenoxy) is 1. The third-order valence-electron chi connectivity index (χ3n) is 2.99. The topological polar surface area (TPSA) is 38.3 Å². The monoisotopic (exact) mass is 273 g/mol. The van der Waals surface area contributed by atoms with Crippen LogP contribution in [-0.4, -0.2) is 25.7 Å². The van der Waals surface area contributed by atoms with Crippen LogP contribution in [0.5, 0.6) is 0 Å². The van der Waals surface area contributed by atoms with Gasteiger partial charge < -0.3 is 10.1 Å². The molecule has 0 aromatic heterocycles. The van der Waals surface area contributed by atoms with Crippen LogP contribution in [0.4, 0.5) is 4.39 Å². The van der Waals surface area contributed by atoms with Gasteiger partial charge in [-0.2, -0.15) is 0 Å². The molecule has 0 atom stereocenters. The fraction of sp³-hybridized carbons (Fsp3) is 0.462. The van der Waals surface area contributed by atoms with Gasteiger partial charge in [-0.1, -0.05) is 0 Å². The molecule has 0 spiro atoms. The molecule has 0 saturated carbocycles. The smallest absolute Gasteiger partial charge is 0.338 e. The molecule has 1 aromatic rings. The maximum atomic E-state index is 12.7. The van der Waals surface area contributed by atoms with E-state index in [2.05, 4.69) is 5.32 Å². The highest BCUT2D eigenvalue weighted by atomic mass is 35.5. The molecule has 0 radical (unpaired) electrons. The van der Waals surface area contributed by atoms with Crippen LogP contribution in [0.25, 0.3) is 0 Å². The number of esters is 1. The Morgan fingerprint density at radius 1 is 1.28 bits per heavy atom. The molecule has 2 rings (SSSR count). The number of benzene rings is 1. The van der Waals surface area contributed by atoms with Crippen molar-refractivity contribution in [3.63, 3.8) is 0 Å². The zero-order valence-electron chi connectivity index (χ0n) is 10.0. The minimum absolute atomic E-state index is 0. The van der Waals surface area contributed by atoms with Gasteiger partial charge in [0, 0.05) is 0 Å². The largest absolute Gasteiger partial charge is 0.462 e. The van der Waals surface area contributed by atoms with Gasteiger partial charge in [-0.15, -0.1) is 12.4 Å². The van der Waals surface area contributed by atoms with Crippen molar-refractivity contribution < 1.29 is 13.9 Å². The van der Waals surface area contributed by atoms with Crippen molar-refractivity contribution in [2.24, 2.45) is 5.92 Å². The SMILES string of the molecule is Cl.O=C(OCC1CCNCC1)c1ccc(F)cc1. The van der Waals surface area contributed by atoms with E-state index in [9.17, 15) is 9.18 Å². The van der Waals surface area contributed by atoms with Crippen molar-refractivity contribution in [3.8, 4) is 0 Å². The van der Waals surface area contributed by atoms with Crippen LogP contribution in [0.3, 0.4) is 0 Å². The molecule has 0 aliphatic carbocycles. The van der Waals surface area contributed by atoms with Crippen LogP contribution in [0.1, 0.15) is 23.2 Å². The van der Waals surface area contributed by atoms with E-state index in [-0.39, 0.29) is 24.2 Å². The average Bonchev–Trinajstić information content (AvgIpc) is 2.38. The Morgan fingerprint density at radius 3 is 2.50 bits per heavy atom. The number of piperidine rings is 1. The fourth-order valence-electron chi connectivity index (χ4n) is 1.91. The summed E-state index contributed by atoms with van der Waals surface area (Å²) in [6.07, 6.45) is 2.08. The van der Waals surface area contributed by atoms with E-state index >= 15 is 0 Å². The van der Waals surface area contributed by atoms with Crippen molar-refractivity contribution in [3.05, 3.63) is 35.6 Å². The van der Waals surface area contributed by atoms with Gasteiger partial charge in [0.15, 0.2) is 0 Å². The quantitative estimate of drug-likeness (QED) is 0.860. The van der Waals surface area contributed by atoms with Crippen molar-refractivity contribution >= 4 is 18.4 Å². The molecule has 0 amide bonds. The number of nitrogens with one attached hydrogen (secondary N) is 1. The Bertz CT molecular complexity index is 377. The summed E-state index contributed by atoms with van der Waals surface area (Å²) in [7, 11) is 0. The Labute approximate surface area is 112 Å². The third-order valence-corrected chi connectivity index (χ3v) is 2.99. The van der Waals surface area contributed by atoms with E-state index in [1.54, 1.807) is 0 Å². The van der Waals surface area contributed by atoms with Gasteiger partial charge in [-0.05, 0) is 56.1 Å². The summed E-state index contributed by atoms with van der Waals surface area (Å²) in [5.74, 6) is -0.274. The third kappa shape index (κ3) is 4.27. The zero-order valence-corrected chi connectivity index (χ0v) is 10.8. The number of hydrogen-bond acceptors (Lipinski definition) is 3. The Kier molecular flexibility index (Phi) is 6.09. The lowest BCUT2D eigenvalue weighted by molar-refractivity contribution is 0.0416. The molecular formula is C13H17ClFNO2. The standard InChI is InChI=1S/C13H16FNO2.ClH/c14-12-3-1-11(2-4-12)13(16)17-9-10-5-7-15-8-6-10;/h1-4,10,15H,5-9H2;1H. The van der Waals surface area contributed by atoms with Gasteiger partial charge in [0.1, 0.15) is 5.82 Å². The molecule has 1 aliphatic heterocycles. The number of rotatable bonds is 3. The van der Waals surface area contributed by atoms with Gasteiger partial charge in [0.05, 0.1) is 12.2 Å². The summed E-state index contributed by atoms with van der Waals surface area (Å²) in [6, 6.07) is 5.42. The van der Waals surface area contributed by atoms with Gasteiger partial charge in [-0.25, -0.2) is 9.18 Å². The highest BCUT2D eigenvalue weighted by Crippen LogP contribution is 2.13. The first kappa shape index (κ1) is 14.9. The number of carbonyl (C=O) groups excluding carboxylic acids is 1. The van der Waals surface area contributed by atoms with Gasteiger partial charge >= 0.3 is 5.97 Å². The molecule has 1 fully saturated rings. The molecule has 1 aromatic carbocycles. The minimum atomic E-state index is -0.372. The molecule has 18 heavy (non-hydrogen) atoms. The van der Waals surface area contributed by atoms with E-state index in [0.717, 1.165) is 25.9 Å². The molecule has 1 aliphatic rings. The summed E-state index contributed by atoms with van der Waals surface area (Å²) in [4.78, 5) is 11.6. The average molecular weight is 274 g/mol. The van der Waals surface area contributed by atoms with Crippen LogP contribution in [0.15, 0.2) is 24.3 Å². The van der Waals surface area contributed by atoms with Crippen molar-refractivity contribution in [2.75, 3.05) is 19.7 Å². The van der Waals surface area contributed by atoms with Crippen LogP contribution in [0, 0.1) is 11.7 Å². The Balaban J connectivity index is 0.00000162. The van der Waals surface area contributed by atoms with E-state index in [4.69, 9.17) is 4.74 Å². The van der Waals surface area contributed by atoms with Crippen LogP contribution < -0.4 is 5.32 Å². The minimum Gasteiger partial charge on any atom is -0.462 e. The first-order valence-corrected chi connectivity index (χ1v) is 5.89. The van der Waals surface area contributed by atoms with Crippen LogP contribution in [0.2, 0.25) is 0 Å². The summed E-state index contributed by atoms with van der Waals surface area (Å²) >= 11 is 0. The summed E-state index contributed by atoms with van der Waals surface area (Å²) in [5, 5.41) is 3.26. The number of halogens is 2. The van der Waals surface area contributed by atoms with Crippen LogP contribution >= 0.6 is 12.4 Å². The second-order valence-corrected chi connectivity index (χ2v) is 4.30. The molecule has 5 heteroatoms. The first-order chi connectivity index (χ1) is 8.25. The molecule has 0 unspecified atom stereocenters. The second kappa shape index (κ2) is 7.34. The molecular weight excluding hydrogens is 257 g/mol. The molecule has 1 saturated heterocycles. The van der Waals surface area contributed by atoms with Crippen molar-refractivity contribution in [1.82, 2.24) is 5.32 Å². The number of hydrogen-bond donors (Lipinski definition) is 1. The van der Waals surface area contributed by atoms with Crippen LogP contribution in [-0.2, 0) is 4.74 Å². The molecule has 100 valence electrons. The Morgan fingerprint density at radius 2 is 1.89 bits per heavy atom. The fourth-order valence-corrected chi connectivity index (χ4v) is 1.91. The van der Waals surface area contributed by atoms with E-state index in [1.165, 1.54) is 24.3 Å². The van der Waals surface area contributed by atoms with Gasteiger partial charge in [-0.3, -0.25) is 0 Å². The summed E-state index contributed by atoms with van der Waals surface area (Å²) in [5.41, 5.74) is 0.403. The number of carbonyl (C=O) groups is 1. The molecule has 3 nitrogen and oxygen atoms in total.